The second-order valence-corrected chi connectivity index (χ2v) is 12.4. The molecule has 43 heavy (non-hydrogen) atoms. The van der Waals surface area contributed by atoms with Gasteiger partial charge in [-0.2, -0.15) is 0 Å². The minimum atomic E-state index is -0.269. The minimum Gasteiger partial charge on any atom is -0.457 e. The van der Waals surface area contributed by atoms with E-state index in [0.29, 0.717) is 0 Å². The molecule has 0 heterocycles. The van der Waals surface area contributed by atoms with E-state index in [9.17, 15) is 0 Å². The van der Waals surface area contributed by atoms with Gasteiger partial charge in [0.25, 0.3) is 0 Å². The lowest BCUT2D eigenvalue weighted by Gasteiger charge is -2.36. The molecule has 0 atom stereocenters. The van der Waals surface area contributed by atoms with Gasteiger partial charge in [0.05, 0.1) is 0 Å². The van der Waals surface area contributed by atoms with Gasteiger partial charge in [0, 0.05) is 30.6 Å². The Morgan fingerprint density at radius 2 is 1.63 bits per heavy atom. The molecule has 0 N–H and O–H groups in total. The molecule has 0 amide bonds. The second-order valence-electron chi connectivity index (χ2n) is 12.4. The highest BCUT2D eigenvalue weighted by molar-refractivity contribution is 5.49. The highest BCUT2D eigenvalue weighted by Gasteiger charge is 2.31. The molecule has 0 unspecified atom stereocenters. The van der Waals surface area contributed by atoms with Gasteiger partial charge in [0.2, 0.25) is 0 Å². The topological polar surface area (TPSA) is 12.5 Å². The van der Waals surface area contributed by atoms with E-state index in [4.69, 9.17) is 4.74 Å². The van der Waals surface area contributed by atoms with Crippen LogP contribution < -0.4 is 9.64 Å². The molecule has 1 aromatic rings. The summed E-state index contributed by atoms with van der Waals surface area (Å²) in [5, 5.41) is 0. The van der Waals surface area contributed by atoms with Crippen molar-refractivity contribution in [2.24, 2.45) is 10.8 Å². The van der Waals surface area contributed by atoms with E-state index in [1.165, 1.54) is 16.7 Å². The zero-order chi connectivity index (χ0) is 32.2. The molecule has 0 aliphatic heterocycles. The van der Waals surface area contributed by atoms with Gasteiger partial charge in [-0.15, -0.1) is 0 Å². The molecule has 0 saturated carbocycles. The standard InChI is InChI=1S/C41H53NO/c1-13-15-23-38(31(3)4)40(7,8)33(6)19-17-21-36(43-37-29-27-35(28-30-37)42(11)12)22-18-20-34-26-25-32(5)39(24-16-14-2)41(34,9)10/h13-24,27-30H,2-3,6,25-26H2,1,4-5,7-12H3. The van der Waals surface area contributed by atoms with Crippen LogP contribution in [0.5, 0.6) is 5.75 Å². The zero-order valence-corrected chi connectivity index (χ0v) is 28.1. The molecule has 0 bridgehead atoms. The summed E-state index contributed by atoms with van der Waals surface area (Å²) in [6.07, 6.45) is 26.9. The van der Waals surface area contributed by atoms with E-state index in [1.807, 2.05) is 76.5 Å². The first-order valence-corrected chi connectivity index (χ1v) is 15.1. The molecular weight excluding hydrogens is 522 g/mol. The van der Waals surface area contributed by atoms with Crippen LogP contribution >= 0.6 is 0 Å². The van der Waals surface area contributed by atoms with Crippen molar-refractivity contribution in [2.45, 2.75) is 61.3 Å². The Balaban J connectivity index is 2.43. The average Bonchev–Trinajstić information content (AvgIpc) is 2.94. The summed E-state index contributed by atoms with van der Waals surface area (Å²) in [5.41, 5.74) is 8.21. The maximum atomic E-state index is 6.37. The lowest BCUT2D eigenvalue weighted by Crippen LogP contribution is -2.22. The predicted molar refractivity (Wildman–Crippen MR) is 192 cm³/mol. The van der Waals surface area contributed by atoms with Gasteiger partial charge in [0.1, 0.15) is 11.5 Å². The van der Waals surface area contributed by atoms with Crippen LogP contribution in [0.25, 0.3) is 0 Å². The summed E-state index contributed by atoms with van der Waals surface area (Å²) in [5.74, 6) is 1.53. The van der Waals surface area contributed by atoms with E-state index in [1.54, 1.807) is 0 Å². The van der Waals surface area contributed by atoms with Crippen molar-refractivity contribution in [3.8, 4) is 5.75 Å². The number of hydrogen-bond acceptors (Lipinski definition) is 2. The number of benzene rings is 1. The molecule has 1 aromatic carbocycles. The summed E-state index contributed by atoms with van der Waals surface area (Å²) < 4.78 is 6.37. The van der Waals surface area contributed by atoms with E-state index in [-0.39, 0.29) is 10.8 Å². The fraction of sp³-hybridized carbons (Fsp3) is 0.317. The first-order valence-electron chi connectivity index (χ1n) is 15.1. The number of nitrogens with zero attached hydrogens (tertiary/aromatic N) is 1. The lowest BCUT2D eigenvalue weighted by molar-refractivity contribution is 0.444. The monoisotopic (exact) mass is 575 g/mol. The minimum absolute atomic E-state index is 0.0520. The molecule has 0 spiro atoms. The summed E-state index contributed by atoms with van der Waals surface area (Å²) in [7, 11) is 4.07. The number of ether oxygens (including phenoxy) is 1. The molecule has 0 aromatic heterocycles. The molecule has 1 aliphatic carbocycles. The van der Waals surface area contributed by atoms with Crippen molar-refractivity contribution < 1.29 is 4.74 Å². The smallest absolute Gasteiger partial charge is 0.127 e. The van der Waals surface area contributed by atoms with Crippen LogP contribution in [0.4, 0.5) is 5.69 Å². The lowest BCUT2D eigenvalue weighted by atomic mass is 9.69. The molecule has 0 radical (unpaired) electrons. The van der Waals surface area contributed by atoms with Crippen LogP contribution in [0.2, 0.25) is 0 Å². The molecule has 2 heteroatoms. The molecule has 2 rings (SSSR count). The van der Waals surface area contributed by atoms with Crippen LogP contribution in [-0.4, -0.2) is 14.1 Å². The third-order valence-electron chi connectivity index (χ3n) is 8.20. The van der Waals surface area contributed by atoms with Gasteiger partial charge in [-0.25, -0.2) is 0 Å². The molecule has 0 saturated heterocycles. The van der Waals surface area contributed by atoms with Crippen molar-refractivity contribution in [3.05, 3.63) is 156 Å². The largest absolute Gasteiger partial charge is 0.457 e. The second kappa shape index (κ2) is 16.0. The Labute approximate surface area is 262 Å². The Kier molecular flexibility index (Phi) is 13.1. The Morgan fingerprint density at radius 1 is 0.953 bits per heavy atom. The van der Waals surface area contributed by atoms with E-state index >= 15 is 0 Å². The Morgan fingerprint density at radius 3 is 2.21 bits per heavy atom. The van der Waals surface area contributed by atoms with Gasteiger partial charge >= 0.3 is 0 Å². The predicted octanol–water partition coefficient (Wildman–Crippen LogP) is 11.6. The van der Waals surface area contributed by atoms with Crippen molar-refractivity contribution >= 4 is 5.69 Å². The molecule has 1 aliphatic rings. The van der Waals surface area contributed by atoms with Crippen LogP contribution in [0, 0.1) is 10.8 Å². The Bertz CT molecular complexity index is 1410. The van der Waals surface area contributed by atoms with Crippen molar-refractivity contribution in [1.29, 1.82) is 0 Å². The molecule has 228 valence electrons. The number of allylic oxidation sites excluding steroid dienone is 18. The van der Waals surface area contributed by atoms with Crippen LogP contribution in [0.1, 0.15) is 61.3 Å². The third-order valence-corrected chi connectivity index (χ3v) is 8.20. The third kappa shape index (κ3) is 9.75. The van der Waals surface area contributed by atoms with Crippen molar-refractivity contribution in [1.82, 2.24) is 0 Å². The van der Waals surface area contributed by atoms with Crippen molar-refractivity contribution in [2.75, 3.05) is 19.0 Å². The van der Waals surface area contributed by atoms with Gasteiger partial charge in [-0.1, -0.05) is 125 Å². The highest BCUT2D eigenvalue weighted by atomic mass is 16.5. The van der Waals surface area contributed by atoms with Crippen molar-refractivity contribution in [3.63, 3.8) is 0 Å². The zero-order valence-electron chi connectivity index (χ0n) is 28.1. The van der Waals surface area contributed by atoms with E-state index < -0.39 is 0 Å². The SMILES string of the molecule is C=CC=CC1=C(C)CCC(=CC=CC(=CC=CC(=C)C(C)(C)C(=CC=CC)C(=C)C)Oc2ccc(N(C)C)cc2)C1(C)C. The fourth-order valence-electron chi connectivity index (χ4n) is 5.33. The van der Waals surface area contributed by atoms with Crippen LogP contribution in [0.15, 0.2) is 156 Å². The summed E-state index contributed by atoms with van der Waals surface area (Å²) >= 11 is 0. The molecular formula is C41H53NO. The molecule has 2 nitrogen and oxygen atoms in total. The van der Waals surface area contributed by atoms with E-state index in [0.717, 1.165) is 46.8 Å². The fourth-order valence-corrected chi connectivity index (χ4v) is 5.33. The highest BCUT2D eigenvalue weighted by Crippen LogP contribution is 2.45. The summed E-state index contributed by atoms with van der Waals surface area (Å²) in [6.45, 7) is 27.7. The first kappa shape index (κ1) is 35.2. The summed E-state index contributed by atoms with van der Waals surface area (Å²) in [6, 6.07) is 8.13. The van der Waals surface area contributed by atoms with E-state index in [2.05, 4.69) is 108 Å². The number of hydrogen-bond donors (Lipinski definition) is 0. The maximum absolute atomic E-state index is 6.37. The molecule has 0 fully saturated rings. The summed E-state index contributed by atoms with van der Waals surface area (Å²) in [4.78, 5) is 2.08. The number of rotatable bonds is 13. The Hall–Kier alpha value is -4.04. The van der Waals surface area contributed by atoms with Gasteiger partial charge in [-0.3, -0.25) is 0 Å². The average molecular weight is 576 g/mol. The van der Waals surface area contributed by atoms with Gasteiger partial charge < -0.3 is 9.64 Å². The first-order chi connectivity index (χ1) is 20.2. The normalized spacial score (nSPS) is 17.6. The van der Waals surface area contributed by atoms with Gasteiger partial charge in [0.15, 0.2) is 0 Å². The van der Waals surface area contributed by atoms with Crippen LogP contribution in [-0.2, 0) is 0 Å². The number of anilines is 1. The quantitative estimate of drug-likeness (QED) is 0.171. The van der Waals surface area contributed by atoms with Gasteiger partial charge in [-0.05, 0) is 86.7 Å². The maximum Gasteiger partial charge on any atom is 0.127 e. The van der Waals surface area contributed by atoms with Crippen LogP contribution in [0.3, 0.4) is 0 Å².